The molecule has 0 aliphatic heterocycles. The highest BCUT2D eigenvalue weighted by Crippen LogP contribution is 2.55. The van der Waals surface area contributed by atoms with E-state index in [0.29, 0.717) is 0 Å². The van der Waals surface area contributed by atoms with Crippen LogP contribution in [0.5, 0.6) is 0 Å². The van der Waals surface area contributed by atoms with Crippen LogP contribution in [0.15, 0.2) is 11.3 Å². The lowest BCUT2D eigenvalue weighted by Gasteiger charge is -2.18. The van der Waals surface area contributed by atoms with Crippen molar-refractivity contribution in [2.75, 3.05) is 21.3 Å². The average Bonchev–Trinajstić information content (AvgIpc) is 2.27. The third-order valence-electron chi connectivity index (χ3n) is 1.79. The Morgan fingerprint density at radius 3 is 2.00 bits per heavy atom. The fourth-order valence-electron chi connectivity index (χ4n) is 1.02. The molecular formula is C9H18NO6P. The minimum Gasteiger partial charge on any atom is -0.480 e. The molecule has 0 heterocycles. The van der Waals surface area contributed by atoms with Crippen LogP contribution in [0.3, 0.4) is 0 Å². The van der Waals surface area contributed by atoms with Crippen LogP contribution in [-0.4, -0.2) is 38.4 Å². The standard InChI is InChI=1S/C9H18NO6P/c1-6(2)10-8(11)7(9(12)14-3)17(13,15-4)16-5/h6,12H,1-5H3,(H,10,11)/b9-7-. The molecule has 0 aliphatic rings. The number of aliphatic hydroxyl groups excluding tert-OH is 1. The third-order valence-corrected chi connectivity index (χ3v) is 3.69. The van der Waals surface area contributed by atoms with Crippen molar-refractivity contribution in [2.45, 2.75) is 19.9 Å². The van der Waals surface area contributed by atoms with Crippen LogP contribution in [0.1, 0.15) is 13.8 Å². The van der Waals surface area contributed by atoms with E-state index in [0.717, 1.165) is 21.3 Å². The second-order valence-electron chi connectivity index (χ2n) is 3.35. The molecule has 0 saturated heterocycles. The van der Waals surface area contributed by atoms with Gasteiger partial charge in [-0.1, -0.05) is 0 Å². The Labute approximate surface area is 100 Å². The van der Waals surface area contributed by atoms with Gasteiger partial charge in [0, 0.05) is 20.3 Å². The van der Waals surface area contributed by atoms with Gasteiger partial charge in [0.1, 0.15) is 0 Å². The van der Waals surface area contributed by atoms with Crippen LogP contribution in [-0.2, 0) is 23.1 Å². The summed E-state index contributed by atoms with van der Waals surface area (Å²) in [4.78, 5) is 11.8. The summed E-state index contributed by atoms with van der Waals surface area (Å²) in [5.41, 5.74) is 0. The van der Waals surface area contributed by atoms with Crippen LogP contribution >= 0.6 is 7.60 Å². The quantitative estimate of drug-likeness (QED) is 0.429. The molecule has 0 aromatic heterocycles. The number of methoxy groups -OCH3 is 1. The Bertz CT molecular complexity index is 343. The molecule has 0 saturated carbocycles. The first-order valence-corrected chi connectivity index (χ1v) is 6.36. The maximum atomic E-state index is 12.1. The molecule has 2 N–H and O–H groups in total. The van der Waals surface area contributed by atoms with Crippen molar-refractivity contribution < 1.29 is 28.3 Å². The Balaban J connectivity index is 5.47. The number of hydrogen-bond donors (Lipinski definition) is 2. The van der Waals surface area contributed by atoms with Gasteiger partial charge >= 0.3 is 7.60 Å². The summed E-state index contributed by atoms with van der Waals surface area (Å²) in [6.07, 6.45) is 0. The summed E-state index contributed by atoms with van der Waals surface area (Å²) in [6, 6.07) is -0.204. The average molecular weight is 267 g/mol. The first-order chi connectivity index (χ1) is 7.82. The van der Waals surface area contributed by atoms with E-state index in [2.05, 4.69) is 19.1 Å². The predicted octanol–water partition coefficient (Wildman–Crippen LogP) is 1.37. The van der Waals surface area contributed by atoms with Crippen molar-refractivity contribution in [1.29, 1.82) is 0 Å². The lowest BCUT2D eigenvalue weighted by molar-refractivity contribution is -0.117. The van der Waals surface area contributed by atoms with Crippen molar-refractivity contribution in [3.8, 4) is 0 Å². The predicted molar refractivity (Wildman–Crippen MR) is 61.6 cm³/mol. The molecule has 7 nitrogen and oxygen atoms in total. The van der Waals surface area contributed by atoms with E-state index < -0.39 is 24.8 Å². The topological polar surface area (TPSA) is 94.1 Å². The number of hydrogen-bond acceptors (Lipinski definition) is 6. The van der Waals surface area contributed by atoms with E-state index in [1.54, 1.807) is 13.8 Å². The fraction of sp³-hybridized carbons (Fsp3) is 0.667. The molecule has 0 unspecified atom stereocenters. The van der Waals surface area contributed by atoms with Crippen LogP contribution in [0.4, 0.5) is 0 Å². The second-order valence-corrected chi connectivity index (χ2v) is 5.52. The number of ether oxygens (including phenoxy) is 1. The van der Waals surface area contributed by atoms with Gasteiger partial charge in [-0.05, 0) is 13.8 Å². The van der Waals surface area contributed by atoms with Crippen LogP contribution in [0.2, 0.25) is 0 Å². The minimum atomic E-state index is -3.88. The van der Waals surface area contributed by atoms with Gasteiger partial charge in [0.05, 0.1) is 7.11 Å². The zero-order valence-electron chi connectivity index (χ0n) is 10.5. The molecule has 0 rings (SSSR count). The first kappa shape index (κ1) is 16.0. The number of carbonyl (C=O) groups is 1. The summed E-state index contributed by atoms with van der Waals surface area (Å²) in [5, 5.41) is 11.4. The summed E-state index contributed by atoms with van der Waals surface area (Å²) < 4.78 is 25.9. The molecule has 0 atom stereocenters. The molecule has 0 bridgehead atoms. The SMILES string of the molecule is CO/C(O)=C(/C(=O)NC(C)C)P(=O)(OC)OC. The Morgan fingerprint density at radius 2 is 1.71 bits per heavy atom. The molecule has 0 aromatic carbocycles. The number of rotatable bonds is 6. The van der Waals surface area contributed by atoms with E-state index in [1.807, 2.05) is 0 Å². The van der Waals surface area contributed by atoms with Gasteiger partial charge in [0.2, 0.25) is 5.31 Å². The van der Waals surface area contributed by atoms with Crippen LogP contribution < -0.4 is 5.32 Å². The van der Waals surface area contributed by atoms with E-state index in [4.69, 9.17) is 0 Å². The number of carbonyl (C=O) groups excluding carboxylic acids is 1. The minimum absolute atomic E-state index is 0.204. The highest BCUT2D eigenvalue weighted by molar-refractivity contribution is 7.60. The molecular weight excluding hydrogens is 249 g/mol. The maximum Gasteiger partial charge on any atom is 0.373 e. The van der Waals surface area contributed by atoms with Gasteiger partial charge < -0.3 is 24.2 Å². The van der Waals surface area contributed by atoms with E-state index >= 15 is 0 Å². The highest BCUT2D eigenvalue weighted by atomic mass is 31.2. The maximum absolute atomic E-state index is 12.1. The third kappa shape index (κ3) is 4.03. The van der Waals surface area contributed by atoms with Gasteiger partial charge in [-0.25, -0.2) is 0 Å². The lowest BCUT2D eigenvalue weighted by Crippen LogP contribution is -2.32. The Kier molecular flexibility index (Phi) is 6.23. The smallest absolute Gasteiger partial charge is 0.373 e. The lowest BCUT2D eigenvalue weighted by atomic mass is 10.4. The monoisotopic (exact) mass is 267 g/mol. The number of amides is 1. The first-order valence-electron chi connectivity index (χ1n) is 4.82. The highest BCUT2D eigenvalue weighted by Gasteiger charge is 2.38. The zero-order valence-corrected chi connectivity index (χ0v) is 11.4. The summed E-state index contributed by atoms with van der Waals surface area (Å²) in [6.45, 7) is 3.42. The molecule has 1 amide bonds. The van der Waals surface area contributed by atoms with Crippen LogP contribution in [0.25, 0.3) is 0 Å². The van der Waals surface area contributed by atoms with Gasteiger partial charge in [-0.3, -0.25) is 9.36 Å². The molecule has 0 radical (unpaired) electrons. The van der Waals surface area contributed by atoms with Crippen LogP contribution in [0, 0.1) is 0 Å². The van der Waals surface area contributed by atoms with Gasteiger partial charge in [-0.15, -0.1) is 0 Å². The Morgan fingerprint density at radius 1 is 1.24 bits per heavy atom. The van der Waals surface area contributed by atoms with Crippen molar-refractivity contribution in [3.63, 3.8) is 0 Å². The van der Waals surface area contributed by atoms with Gasteiger partial charge in [-0.2, -0.15) is 0 Å². The zero-order chi connectivity index (χ0) is 13.6. The number of nitrogens with one attached hydrogen (secondary N) is 1. The fourth-order valence-corrected chi connectivity index (χ4v) is 2.18. The summed E-state index contributed by atoms with van der Waals surface area (Å²) in [7, 11) is -0.537. The van der Waals surface area contributed by atoms with Crippen molar-refractivity contribution in [2.24, 2.45) is 0 Å². The molecule has 100 valence electrons. The largest absolute Gasteiger partial charge is 0.480 e. The molecule has 8 heteroatoms. The van der Waals surface area contributed by atoms with Crippen molar-refractivity contribution >= 4 is 13.5 Å². The normalized spacial score (nSPS) is 13.3. The van der Waals surface area contributed by atoms with Gasteiger partial charge in [0.15, 0.2) is 0 Å². The van der Waals surface area contributed by atoms with E-state index in [1.165, 1.54) is 0 Å². The second kappa shape index (κ2) is 6.64. The summed E-state index contributed by atoms with van der Waals surface area (Å²) >= 11 is 0. The Hall–Kier alpha value is -1.04. The summed E-state index contributed by atoms with van der Waals surface area (Å²) in [5.74, 6) is -1.57. The molecule has 0 spiro atoms. The van der Waals surface area contributed by atoms with E-state index in [-0.39, 0.29) is 6.04 Å². The van der Waals surface area contributed by atoms with Crippen molar-refractivity contribution in [3.05, 3.63) is 11.3 Å². The number of aliphatic hydroxyl groups is 1. The van der Waals surface area contributed by atoms with Crippen molar-refractivity contribution in [1.82, 2.24) is 5.32 Å². The van der Waals surface area contributed by atoms with E-state index in [9.17, 15) is 14.5 Å². The molecule has 0 aromatic rings. The molecule has 0 aliphatic carbocycles. The van der Waals surface area contributed by atoms with Gasteiger partial charge in [0.25, 0.3) is 11.9 Å². The molecule has 17 heavy (non-hydrogen) atoms. The molecule has 0 fully saturated rings.